The van der Waals surface area contributed by atoms with Crippen molar-refractivity contribution >= 4 is 39.9 Å². The molecule has 2 aromatic rings. The number of thiazole rings is 1. The Morgan fingerprint density at radius 2 is 2.21 bits per heavy atom. The van der Waals surface area contributed by atoms with E-state index < -0.39 is 0 Å². The standard InChI is InChI=1S/C20H24ClN3O3S/c1-2-27-19(26)15-7-5-9-24(12-15)13-18(25)23-20-22-11-16(28-20)10-14-6-3-4-8-17(14)21/h3-4,6,8,11,15H,2,5,7,9-10,12-13H2,1H3,(H,22,23,25). The lowest BCUT2D eigenvalue weighted by Crippen LogP contribution is -2.43. The molecule has 1 fully saturated rings. The number of likely N-dealkylation sites (tertiary alicyclic amines) is 1. The van der Waals surface area contributed by atoms with Gasteiger partial charge in [-0.3, -0.25) is 14.5 Å². The van der Waals surface area contributed by atoms with E-state index in [0.717, 1.165) is 34.8 Å². The van der Waals surface area contributed by atoms with Gasteiger partial charge in [0.1, 0.15) is 0 Å². The first kappa shape index (κ1) is 20.8. The Kier molecular flexibility index (Phi) is 7.42. The number of esters is 1. The summed E-state index contributed by atoms with van der Waals surface area (Å²) in [4.78, 5) is 31.6. The van der Waals surface area contributed by atoms with Crippen molar-refractivity contribution in [2.75, 3.05) is 31.6 Å². The van der Waals surface area contributed by atoms with Crippen LogP contribution < -0.4 is 5.32 Å². The zero-order valence-electron chi connectivity index (χ0n) is 15.8. The second-order valence-corrected chi connectivity index (χ2v) is 8.30. The first-order chi connectivity index (χ1) is 13.5. The van der Waals surface area contributed by atoms with Gasteiger partial charge in [0.15, 0.2) is 5.13 Å². The maximum atomic E-state index is 12.4. The molecular weight excluding hydrogens is 398 g/mol. The average Bonchev–Trinajstić information content (AvgIpc) is 3.10. The number of hydrogen-bond acceptors (Lipinski definition) is 6. The van der Waals surface area contributed by atoms with Gasteiger partial charge >= 0.3 is 5.97 Å². The fourth-order valence-electron chi connectivity index (χ4n) is 3.29. The van der Waals surface area contributed by atoms with Crippen molar-refractivity contribution in [1.29, 1.82) is 0 Å². The normalized spacial score (nSPS) is 17.3. The summed E-state index contributed by atoms with van der Waals surface area (Å²) >= 11 is 7.65. The molecular formula is C20H24ClN3O3S. The van der Waals surface area contributed by atoms with Crippen LogP contribution in [0, 0.1) is 5.92 Å². The van der Waals surface area contributed by atoms with Crippen LogP contribution >= 0.6 is 22.9 Å². The zero-order chi connectivity index (χ0) is 19.9. The number of carbonyl (C=O) groups excluding carboxylic acids is 2. The maximum absolute atomic E-state index is 12.4. The molecule has 1 aliphatic heterocycles. The molecule has 0 radical (unpaired) electrons. The molecule has 0 aliphatic carbocycles. The Bertz CT molecular complexity index is 827. The van der Waals surface area contributed by atoms with Crippen molar-refractivity contribution in [1.82, 2.24) is 9.88 Å². The van der Waals surface area contributed by atoms with Gasteiger partial charge in [0.25, 0.3) is 0 Å². The molecule has 0 saturated carbocycles. The Morgan fingerprint density at radius 3 is 3.00 bits per heavy atom. The van der Waals surface area contributed by atoms with Gasteiger partial charge in [-0.2, -0.15) is 0 Å². The highest BCUT2D eigenvalue weighted by Crippen LogP contribution is 2.25. The van der Waals surface area contributed by atoms with E-state index >= 15 is 0 Å². The van der Waals surface area contributed by atoms with Crippen molar-refractivity contribution < 1.29 is 14.3 Å². The van der Waals surface area contributed by atoms with Gasteiger partial charge in [-0.05, 0) is 37.9 Å². The molecule has 0 bridgehead atoms. The molecule has 8 heteroatoms. The highest BCUT2D eigenvalue weighted by Gasteiger charge is 2.27. The molecule has 1 amide bonds. The van der Waals surface area contributed by atoms with E-state index in [9.17, 15) is 9.59 Å². The number of aromatic nitrogens is 1. The quantitative estimate of drug-likeness (QED) is 0.691. The molecule has 6 nitrogen and oxygen atoms in total. The van der Waals surface area contributed by atoms with Crippen LogP contribution in [0.4, 0.5) is 5.13 Å². The first-order valence-corrected chi connectivity index (χ1v) is 10.6. The lowest BCUT2D eigenvalue weighted by molar-refractivity contribution is -0.150. The van der Waals surface area contributed by atoms with Gasteiger partial charge in [-0.25, -0.2) is 4.98 Å². The third-order valence-corrected chi connectivity index (χ3v) is 5.90. The SMILES string of the molecule is CCOC(=O)C1CCCN(CC(=O)Nc2ncc(Cc3ccccc3Cl)s2)C1. The zero-order valence-corrected chi connectivity index (χ0v) is 17.4. The lowest BCUT2D eigenvalue weighted by atomic mass is 9.98. The number of anilines is 1. The van der Waals surface area contributed by atoms with Crippen LogP contribution in [0.1, 0.15) is 30.2 Å². The summed E-state index contributed by atoms with van der Waals surface area (Å²) in [7, 11) is 0. The van der Waals surface area contributed by atoms with Crippen molar-refractivity contribution in [3.8, 4) is 0 Å². The average molecular weight is 422 g/mol. The minimum Gasteiger partial charge on any atom is -0.466 e. The summed E-state index contributed by atoms with van der Waals surface area (Å²) in [5.74, 6) is -0.441. The maximum Gasteiger partial charge on any atom is 0.310 e. The third-order valence-electron chi connectivity index (χ3n) is 4.62. The van der Waals surface area contributed by atoms with Crippen LogP contribution in [-0.4, -0.2) is 48.0 Å². The molecule has 1 unspecified atom stereocenters. The minimum absolute atomic E-state index is 0.122. The fourth-order valence-corrected chi connectivity index (χ4v) is 4.34. The van der Waals surface area contributed by atoms with E-state index in [1.54, 1.807) is 13.1 Å². The van der Waals surface area contributed by atoms with Crippen molar-refractivity contribution in [3.63, 3.8) is 0 Å². The number of rotatable bonds is 7. The second-order valence-electron chi connectivity index (χ2n) is 6.77. The van der Waals surface area contributed by atoms with Crippen molar-refractivity contribution in [2.24, 2.45) is 5.92 Å². The minimum atomic E-state index is -0.170. The van der Waals surface area contributed by atoms with E-state index in [4.69, 9.17) is 16.3 Å². The topological polar surface area (TPSA) is 71.5 Å². The molecule has 1 aromatic heterocycles. The molecule has 1 aliphatic rings. The van der Waals surface area contributed by atoms with Gasteiger partial charge in [0, 0.05) is 29.1 Å². The number of halogens is 1. The van der Waals surface area contributed by atoms with Crippen LogP contribution in [0.25, 0.3) is 0 Å². The number of amides is 1. The van der Waals surface area contributed by atoms with Crippen molar-refractivity contribution in [3.05, 3.63) is 45.9 Å². The summed E-state index contributed by atoms with van der Waals surface area (Å²) in [5.41, 5.74) is 1.03. The lowest BCUT2D eigenvalue weighted by Gasteiger charge is -2.30. The number of carbonyl (C=O) groups is 2. The Balaban J connectivity index is 1.50. The summed E-state index contributed by atoms with van der Waals surface area (Å²) in [6, 6.07) is 7.70. The van der Waals surface area contributed by atoms with Gasteiger partial charge < -0.3 is 10.1 Å². The summed E-state index contributed by atoms with van der Waals surface area (Å²) in [6.45, 7) is 3.80. The number of piperidine rings is 1. The largest absolute Gasteiger partial charge is 0.466 e. The highest BCUT2D eigenvalue weighted by atomic mass is 35.5. The van der Waals surface area contributed by atoms with E-state index in [1.165, 1.54) is 11.3 Å². The van der Waals surface area contributed by atoms with Gasteiger partial charge in [-0.1, -0.05) is 29.8 Å². The van der Waals surface area contributed by atoms with E-state index in [1.807, 2.05) is 29.2 Å². The molecule has 28 heavy (non-hydrogen) atoms. The number of hydrogen-bond donors (Lipinski definition) is 1. The number of nitrogens with zero attached hydrogens (tertiary/aromatic N) is 2. The number of ether oxygens (including phenoxy) is 1. The van der Waals surface area contributed by atoms with E-state index in [0.29, 0.717) is 24.7 Å². The predicted octanol–water partition coefficient (Wildman–Crippen LogP) is 3.60. The molecule has 150 valence electrons. The predicted molar refractivity (Wildman–Crippen MR) is 111 cm³/mol. The first-order valence-electron chi connectivity index (χ1n) is 9.42. The van der Waals surface area contributed by atoms with Crippen LogP contribution in [0.3, 0.4) is 0 Å². The molecule has 1 saturated heterocycles. The highest BCUT2D eigenvalue weighted by molar-refractivity contribution is 7.15. The summed E-state index contributed by atoms with van der Waals surface area (Å²) in [6.07, 6.45) is 4.15. The Morgan fingerprint density at radius 1 is 1.39 bits per heavy atom. The van der Waals surface area contributed by atoms with Crippen LogP contribution in [-0.2, 0) is 20.7 Å². The van der Waals surface area contributed by atoms with Crippen LogP contribution in [0.2, 0.25) is 5.02 Å². The van der Waals surface area contributed by atoms with Gasteiger partial charge in [0.05, 0.1) is 19.1 Å². The number of nitrogens with one attached hydrogen (secondary N) is 1. The van der Waals surface area contributed by atoms with Gasteiger partial charge in [-0.15, -0.1) is 11.3 Å². The van der Waals surface area contributed by atoms with Gasteiger partial charge in [0.2, 0.25) is 5.91 Å². The second kappa shape index (κ2) is 10.0. The van der Waals surface area contributed by atoms with E-state index in [-0.39, 0.29) is 24.3 Å². The Hall–Kier alpha value is -1.96. The third kappa shape index (κ3) is 5.77. The monoisotopic (exact) mass is 421 g/mol. The van der Waals surface area contributed by atoms with Crippen LogP contribution in [0.5, 0.6) is 0 Å². The molecule has 1 aromatic carbocycles. The molecule has 1 N–H and O–H groups in total. The molecule has 2 heterocycles. The Labute approximate surface area is 173 Å². The smallest absolute Gasteiger partial charge is 0.310 e. The molecule has 1 atom stereocenters. The van der Waals surface area contributed by atoms with Crippen LogP contribution in [0.15, 0.2) is 30.5 Å². The summed E-state index contributed by atoms with van der Waals surface area (Å²) < 4.78 is 5.11. The molecule has 0 spiro atoms. The summed E-state index contributed by atoms with van der Waals surface area (Å²) in [5, 5.41) is 4.16. The fraction of sp³-hybridized carbons (Fsp3) is 0.450. The van der Waals surface area contributed by atoms with E-state index in [2.05, 4.69) is 10.3 Å². The number of benzene rings is 1. The molecule has 3 rings (SSSR count). The van der Waals surface area contributed by atoms with Crippen molar-refractivity contribution in [2.45, 2.75) is 26.2 Å².